The number of rotatable bonds is 10. The smallest absolute Gasteiger partial charge is 0.220 e. The summed E-state index contributed by atoms with van der Waals surface area (Å²) in [4.78, 5) is 21.8. The van der Waals surface area contributed by atoms with Gasteiger partial charge in [0.15, 0.2) is 0 Å². The fraction of sp³-hybridized carbons (Fsp3) is 0.207. The Bertz CT molecular complexity index is 1150. The molecule has 0 aliphatic rings. The van der Waals surface area contributed by atoms with Gasteiger partial charge in [0.25, 0.3) is 0 Å². The van der Waals surface area contributed by atoms with Crippen molar-refractivity contribution in [3.8, 4) is 0 Å². The van der Waals surface area contributed by atoms with Crippen LogP contribution in [0.5, 0.6) is 0 Å². The summed E-state index contributed by atoms with van der Waals surface area (Å²) in [6.45, 7) is 0. The Morgan fingerprint density at radius 3 is 1.86 bits per heavy atom. The third-order valence-electron chi connectivity index (χ3n) is 6.27. The van der Waals surface area contributed by atoms with Crippen LogP contribution >= 0.6 is 0 Å². The normalized spacial score (nSPS) is 13.1. The number of hydrogen-bond acceptors (Lipinski definition) is 5. The first-order chi connectivity index (χ1) is 17.1. The lowest BCUT2D eigenvalue weighted by atomic mass is 9.78. The number of amides is 1. The van der Waals surface area contributed by atoms with Gasteiger partial charge in [-0.05, 0) is 36.7 Å². The summed E-state index contributed by atoms with van der Waals surface area (Å²) >= 11 is 0. The maximum absolute atomic E-state index is 13.3. The van der Waals surface area contributed by atoms with Gasteiger partial charge in [-0.1, -0.05) is 72.8 Å². The van der Waals surface area contributed by atoms with E-state index in [1.54, 1.807) is 36.9 Å². The molecule has 178 valence electrons. The summed E-state index contributed by atoms with van der Waals surface area (Å²) in [7, 11) is 1.89. The highest BCUT2D eigenvalue weighted by Gasteiger charge is 2.42. The fourth-order valence-corrected chi connectivity index (χ4v) is 4.42. The maximum atomic E-state index is 13.3. The zero-order valence-corrected chi connectivity index (χ0v) is 19.7. The van der Waals surface area contributed by atoms with Crippen LogP contribution in [0, 0.1) is 0 Å². The highest BCUT2D eigenvalue weighted by atomic mass is 16.3. The molecule has 2 aromatic carbocycles. The van der Waals surface area contributed by atoms with Crippen LogP contribution in [0.25, 0.3) is 0 Å². The standard InChI is InChI=1S/C29H30N4O2/c1-30-26(22-10-4-2-5-11-22)16-17-27(34)33-28(23-12-6-3-7-13-23)29(35,24-14-8-18-31-20-24)25-15-9-19-32-21-25/h2-15,18-21,26,28,30,35H,16-17H2,1H3,(H,33,34)/t26?,28-/m1/s1. The Hall–Kier alpha value is -3.87. The van der Waals surface area contributed by atoms with E-state index >= 15 is 0 Å². The number of aromatic nitrogens is 2. The Kier molecular flexibility index (Phi) is 7.98. The molecule has 2 aromatic heterocycles. The van der Waals surface area contributed by atoms with Gasteiger partial charge < -0.3 is 15.7 Å². The second kappa shape index (κ2) is 11.5. The van der Waals surface area contributed by atoms with Crippen molar-refractivity contribution < 1.29 is 9.90 Å². The molecule has 2 atom stereocenters. The molecule has 4 rings (SSSR count). The third kappa shape index (κ3) is 5.62. The molecule has 1 amide bonds. The molecule has 2 heterocycles. The van der Waals surface area contributed by atoms with Crippen LogP contribution < -0.4 is 10.6 Å². The Balaban J connectivity index is 1.66. The molecule has 0 saturated heterocycles. The minimum Gasteiger partial charge on any atom is -0.378 e. The predicted molar refractivity (Wildman–Crippen MR) is 136 cm³/mol. The van der Waals surface area contributed by atoms with Crippen LogP contribution in [0.15, 0.2) is 110 Å². The number of carbonyl (C=O) groups is 1. The van der Waals surface area contributed by atoms with E-state index in [4.69, 9.17) is 0 Å². The summed E-state index contributed by atoms with van der Waals surface area (Å²) in [5.74, 6) is -0.152. The van der Waals surface area contributed by atoms with Crippen molar-refractivity contribution in [2.45, 2.75) is 30.5 Å². The molecular weight excluding hydrogens is 436 g/mol. The Morgan fingerprint density at radius 1 is 0.829 bits per heavy atom. The van der Waals surface area contributed by atoms with E-state index in [2.05, 4.69) is 32.7 Å². The Labute approximate surface area is 206 Å². The van der Waals surface area contributed by atoms with Gasteiger partial charge in [0.1, 0.15) is 5.60 Å². The number of hydrogen-bond donors (Lipinski definition) is 3. The average Bonchev–Trinajstić information content (AvgIpc) is 2.93. The predicted octanol–water partition coefficient (Wildman–Crippen LogP) is 4.31. The van der Waals surface area contributed by atoms with Gasteiger partial charge >= 0.3 is 0 Å². The molecule has 0 aliphatic heterocycles. The topological polar surface area (TPSA) is 87.1 Å². The van der Waals surface area contributed by atoms with Gasteiger partial charge in [0, 0.05) is 48.4 Å². The zero-order chi connectivity index (χ0) is 24.5. The minimum atomic E-state index is -1.58. The lowest BCUT2D eigenvalue weighted by Gasteiger charge is -2.37. The molecule has 0 fully saturated rings. The number of benzene rings is 2. The fourth-order valence-electron chi connectivity index (χ4n) is 4.42. The van der Waals surface area contributed by atoms with Crippen LogP contribution in [-0.4, -0.2) is 28.0 Å². The number of nitrogens with zero attached hydrogens (tertiary/aromatic N) is 2. The molecular formula is C29H30N4O2. The summed E-state index contributed by atoms with van der Waals surface area (Å²) in [5.41, 5.74) is 1.47. The second-order valence-corrected chi connectivity index (χ2v) is 8.45. The summed E-state index contributed by atoms with van der Waals surface area (Å²) < 4.78 is 0. The molecule has 6 heteroatoms. The molecule has 0 spiro atoms. The monoisotopic (exact) mass is 466 g/mol. The first-order valence-corrected chi connectivity index (χ1v) is 11.7. The van der Waals surface area contributed by atoms with E-state index in [-0.39, 0.29) is 11.9 Å². The quantitative estimate of drug-likeness (QED) is 0.324. The van der Waals surface area contributed by atoms with Gasteiger partial charge in [-0.3, -0.25) is 14.8 Å². The molecule has 0 bridgehead atoms. The van der Waals surface area contributed by atoms with Crippen molar-refractivity contribution in [1.29, 1.82) is 0 Å². The molecule has 35 heavy (non-hydrogen) atoms. The SMILES string of the molecule is CNC(CCC(=O)N[C@H](c1ccccc1)C(O)(c1cccnc1)c1cccnc1)c1ccccc1. The Morgan fingerprint density at radius 2 is 1.37 bits per heavy atom. The molecule has 0 aliphatic carbocycles. The zero-order valence-electron chi connectivity index (χ0n) is 19.7. The molecule has 4 aromatic rings. The molecule has 3 N–H and O–H groups in total. The minimum absolute atomic E-state index is 0.0488. The van der Waals surface area contributed by atoms with E-state index in [9.17, 15) is 9.90 Å². The first kappa shape index (κ1) is 24.3. The second-order valence-electron chi connectivity index (χ2n) is 8.45. The van der Waals surface area contributed by atoms with Gasteiger partial charge in [-0.2, -0.15) is 0 Å². The third-order valence-corrected chi connectivity index (χ3v) is 6.27. The number of aliphatic hydroxyl groups is 1. The van der Waals surface area contributed by atoms with Gasteiger partial charge in [0.2, 0.25) is 5.91 Å². The van der Waals surface area contributed by atoms with E-state index in [0.717, 1.165) is 11.1 Å². The lowest BCUT2D eigenvalue weighted by Crippen LogP contribution is -2.45. The van der Waals surface area contributed by atoms with Crippen molar-refractivity contribution >= 4 is 5.91 Å². The van der Waals surface area contributed by atoms with Crippen LogP contribution in [0.4, 0.5) is 0 Å². The van der Waals surface area contributed by atoms with Crippen molar-refractivity contribution in [3.63, 3.8) is 0 Å². The largest absolute Gasteiger partial charge is 0.378 e. The van der Waals surface area contributed by atoms with Crippen LogP contribution in [0.3, 0.4) is 0 Å². The lowest BCUT2D eigenvalue weighted by molar-refractivity contribution is -0.124. The average molecular weight is 467 g/mol. The number of pyridine rings is 2. The summed E-state index contributed by atoms with van der Waals surface area (Å²) in [5, 5.41) is 18.7. The highest BCUT2D eigenvalue weighted by Crippen LogP contribution is 2.40. The van der Waals surface area contributed by atoms with Crippen molar-refractivity contribution in [3.05, 3.63) is 132 Å². The van der Waals surface area contributed by atoms with E-state index in [1.807, 2.05) is 67.7 Å². The van der Waals surface area contributed by atoms with Crippen LogP contribution in [0.2, 0.25) is 0 Å². The number of nitrogens with one attached hydrogen (secondary N) is 2. The summed E-state index contributed by atoms with van der Waals surface area (Å²) in [6, 6.07) is 26.1. The summed E-state index contributed by atoms with van der Waals surface area (Å²) in [6.07, 6.45) is 7.48. The number of carbonyl (C=O) groups excluding carboxylic acids is 1. The maximum Gasteiger partial charge on any atom is 0.220 e. The van der Waals surface area contributed by atoms with Gasteiger partial charge in [-0.15, -0.1) is 0 Å². The van der Waals surface area contributed by atoms with Gasteiger partial charge in [0.05, 0.1) is 6.04 Å². The molecule has 6 nitrogen and oxygen atoms in total. The van der Waals surface area contributed by atoms with Crippen LogP contribution in [0.1, 0.15) is 47.2 Å². The van der Waals surface area contributed by atoms with E-state index in [1.165, 1.54) is 0 Å². The van der Waals surface area contributed by atoms with Crippen LogP contribution in [-0.2, 0) is 10.4 Å². The van der Waals surface area contributed by atoms with Crippen molar-refractivity contribution in [1.82, 2.24) is 20.6 Å². The molecule has 0 radical (unpaired) electrons. The van der Waals surface area contributed by atoms with Gasteiger partial charge in [-0.25, -0.2) is 0 Å². The highest BCUT2D eigenvalue weighted by molar-refractivity contribution is 5.77. The van der Waals surface area contributed by atoms with Crippen molar-refractivity contribution in [2.24, 2.45) is 0 Å². The van der Waals surface area contributed by atoms with E-state index < -0.39 is 11.6 Å². The molecule has 1 unspecified atom stereocenters. The first-order valence-electron chi connectivity index (χ1n) is 11.7. The van der Waals surface area contributed by atoms with Crippen molar-refractivity contribution in [2.75, 3.05) is 7.05 Å². The molecule has 0 saturated carbocycles. The van der Waals surface area contributed by atoms with E-state index in [0.29, 0.717) is 24.0 Å².